The average Bonchev–Trinajstić information content (AvgIpc) is 3.14. The van der Waals surface area contributed by atoms with Gasteiger partial charge in [-0.05, 0) is 50.3 Å². The number of carbonyl (C=O) groups excluding carboxylic acids is 1. The molecule has 1 aliphatic carbocycles. The van der Waals surface area contributed by atoms with Crippen LogP contribution < -0.4 is 4.90 Å². The van der Waals surface area contributed by atoms with E-state index in [0.717, 1.165) is 28.8 Å². The van der Waals surface area contributed by atoms with E-state index in [-0.39, 0.29) is 12.0 Å². The molecule has 0 bridgehead atoms. The first-order valence-corrected chi connectivity index (χ1v) is 11.7. The lowest BCUT2D eigenvalue weighted by Crippen LogP contribution is -2.39. The van der Waals surface area contributed by atoms with E-state index in [1.54, 1.807) is 0 Å². The van der Waals surface area contributed by atoms with Crippen molar-refractivity contribution in [1.82, 2.24) is 0 Å². The monoisotopic (exact) mass is 421 g/mol. The summed E-state index contributed by atoms with van der Waals surface area (Å²) in [5, 5.41) is 11.2. The van der Waals surface area contributed by atoms with E-state index in [1.165, 1.54) is 32.1 Å². The van der Waals surface area contributed by atoms with Crippen molar-refractivity contribution in [3.63, 3.8) is 0 Å². The van der Waals surface area contributed by atoms with Gasteiger partial charge in [-0.25, -0.2) is 4.79 Å². The van der Waals surface area contributed by atoms with Gasteiger partial charge >= 0.3 is 5.97 Å². The van der Waals surface area contributed by atoms with Crippen LogP contribution in [0.2, 0.25) is 0 Å². The van der Waals surface area contributed by atoms with E-state index in [1.807, 2.05) is 37.3 Å². The predicted octanol–water partition coefficient (Wildman–Crippen LogP) is 5.96. The Morgan fingerprint density at radius 2 is 1.84 bits per heavy atom. The van der Waals surface area contributed by atoms with Gasteiger partial charge in [0, 0.05) is 29.9 Å². The van der Waals surface area contributed by atoms with Crippen LogP contribution in [0.5, 0.6) is 0 Å². The number of nitrogens with zero attached hydrogens (tertiary/aromatic N) is 1. The van der Waals surface area contributed by atoms with Crippen LogP contribution >= 0.6 is 0 Å². The zero-order valence-corrected chi connectivity index (χ0v) is 19.1. The molecule has 2 atom stereocenters. The number of benzene rings is 2. The number of anilines is 1. The van der Waals surface area contributed by atoms with E-state index in [4.69, 9.17) is 4.74 Å². The Kier molecular flexibility index (Phi) is 6.38. The third-order valence-electron chi connectivity index (χ3n) is 7.15. The molecule has 0 amide bonds. The van der Waals surface area contributed by atoms with Crippen LogP contribution in [-0.4, -0.2) is 29.8 Å². The smallest absolute Gasteiger partial charge is 0.338 e. The number of hydrogen-bond acceptors (Lipinski definition) is 4. The largest absolute Gasteiger partial charge is 0.457 e. The molecule has 31 heavy (non-hydrogen) atoms. The van der Waals surface area contributed by atoms with E-state index < -0.39 is 5.60 Å². The number of aliphatic hydroxyl groups is 1. The van der Waals surface area contributed by atoms with Gasteiger partial charge in [0.25, 0.3) is 0 Å². The Morgan fingerprint density at radius 3 is 2.55 bits per heavy atom. The first kappa shape index (κ1) is 21.9. The summed E-state index contributed by atoms with van der Waals surface area (Å²) >= 11 is 0. The molecule has 166 valence electrons. The molecule has 2 aromatic rings. The number of hydrogen-bond donors (Lipinski definition) is 1. The second kappa shape index (κ2) is 9.04. The normalized spacial score (nSPS) is 19.4. The molecule has 1 fully saturated rings. The molecule has 4 nitrogen and oxygen atoms in total. The number of ether oxygens (including phenoxy) is 1. The molecule has 0 saturated heterocycles. The molecule has 0 aromatic heterocycles. The minimum atomic E-state index is -0.682. The molecule has 1 heterocycles. The Bertz CT molecular complexity index is 916. The van der Waals surface area contributed by atoms with Gasteiger partial charge in [0.05, 0.1) is 11.2 Å². The fraction of sp³-hybridized carbons (Fsp3) is 0.519. The first-order valence-electron chi connectivity index (χ1n) is 11.7. The fourth-order valence-electron chi connectivity index (χ4n) is 5.52. The van der Waals surface area contributed by atoms with Gasteiger partial charge in [0.2, 0.25) is 0 Å². The molecule has 2 unspecified atom stereocenters. The van der Waals surface area contributed by atoms with Gasteiger partial charge in [0.1, 0.15) is 6.61 Å². The minimum absolute atomic E-state index is 0.150. The average molecular weight is 422 g/mol. The van der Waals surface area contributed by atoms with Gasteiger partial charge in [-0.15, -0.1) is 0 Å². The molecule has 1 aliphatic heterocycles. The number of cyclic esters (lactones) is 1. The van der Waals surface area contributed by atoms with Crippen molar-refractivity contribution < 1.29 is 14.6 Å². The van der Waals surface area contributed by atoms with Gasteiger partial charge in [-0.3, -0.25) is 0 Å². The predicted molar refractivity (Wildman–Crippen MR) is 125 cm³/mol. The fourth-order valence-corrected chi connectivity index (χ4v) is 5.52. The molecular formula is C27H35NO3. The second-order valence-corrected chi connectivity index (χ2v) is 9.80. The molecule has 0 spiro atoms. The molecule has 1 N–H and O–H groups in total. The Morgan fingerprint density at radius 1 is 1.13 bits per heavy atom. The summed E-state index contributed by atoms with van der Waals surface area (Å²) in [6.45, 7) is 4.49. The topological polar surface area (TPSA) is 49.8 Å². The van der Waals surface area contributed by atoms with E-state index in [0.29, 0.717) is 24.5 Å². The quantitative estimate of drug-likeness (QED) is 0.560. The standard InChI is InChI=1S/C27H35NO3/c1-19(16-27(2,30)17-20-10-6-4-7-11-20)28(3)24-15-14-22-23(18-31-26(22)29)25(24)21-12-8-5-9-13-21/h5,8-9,12-15,19-20,30H,4,6-7,10-11,16-18H2,1-3H3. The van der Waals surface area contributed by atoms with Crippen LogP contribution in [0.4, 0.5) is 5.69 Å². The summed E-state index contributed by atoms with van der Waals surface area (Å²) in [6, 6.07) is 14.3. The van der Waals surface area contributed by atoms with Crippen LogP contribution in [0.25, 0.3) is 11.1 Å². The highest BCUT2D eigenvalue weighted by atomic mass is 16.5. The highest BCUT2D eigenvalue weighted by Gasteiger charge is 2.32. The molecule has 4 heteroatoms. The summed E-state index contributed by atoms with van der Waals surface area (Å²) in [4.78, 5) is 14.4. The van der Waals surface area contributed by atoms with Crippen molar-refractivity contribution >= 4 is 11.7 Å². The van der Waals surface area contributed by atoms with Crippen molar-refractivity contribution in [2.45, 2.75) is 77.0 Å². The maximum atomic E-state index is 12.2. The van der Waals surface area contributed by atoms with Crippen molar-refractivity contribution in [3.05, 3.63) is 53.6 Å². The zero-order chi connectivity index (χ0) is 22.0. The van der Waals surface area contributed by atoms with Gasteiger partial charge in [0.15, 0.2) is 0 Å². The first-order chi connectivity index (χ1) is 14.9. The molecule has 2 aromatic carbocycles. The minimum Gasteiger partial charge on any atom is -0.457 e. The lowest BCUT2D eigenvalue weighted by molar-refractivity contribution is 0.0149. The van der Waals surface area contributed by atoms with Crippen molar-refractivity contribution in [1.29, 1.82) is 0 Å². The van der Waals surface area contributed by atoms with Crippen molar-refractivity contribution in [2.24, 2.45) is 5.92 Å². The molecule has 2 aliphatic rings. The number of rotatable bonds is 7. The third-order valence-corrected chi connectivity index (χ3v) is 7.15. The van der Waals surface area contributed by atoms with Crippen LogP contribution in [0.1, 0.15) is 74.7 Å². The highest BCUT2D eigenvalue weighted by Crippen LogP contribution is 2.40. The van der Waals surface area contributed by atoms with Crippen LogP contribution in [0.3, 0.4) is 0 Å². The van der Waals surface area contributed by atoms with Crippen LogP contribution in [0.15, 0.2) is 42.5 Å². The molecule has 4 rings (SSSR count). The third kappa shape index (κ3) is 4.79. The SMILES string of the molecule is CC(CC(C)(O)CC1CCCCC1)N(C)c1ccc2c(c1-c1ccccc1)COC2=O. The lowest BCUT2D eigenvalue weighted by atomic mass is 9.79. The Balaban J connectivity index is 1.59. The van der Waals surface area contributed by atoms with Crippen molar-refractivity contribution in [3.8, 4) is 11.1 Å². The molecular weight excluding hydrogens is 386 g/mol. The summed E-state index contributed by atoms with van der Waals surface area (Å²) < 4.78 is 5.35. The number of esters is 1. The number of fused-ring (bicyclic) bond motifs is 1. The van der Waals surface area contributed by atoms with Gasteiger partial charge in [-0.2, -0.15) is 0 Å². The summed E-state index contributed by atoms with van der Waals surface area (Å²) in [5.74, 6) is 0.397. The zero-order valence-electron chi connectivity index (χ0n) is 19.1. The van der Waals surface area contributed by atoms with E-state index >= 15 is 0 Å². The molecule has 1 saturated carbocycles. The maximum absolute atomic E-state index is 12.2. The Labute approximate surface area is 186 Å². The van der Waals surface area contributed by atoms with E-state index in [2.05, 4.69) is 31.0 Å². The molecule has 0 radical (unpaired) electrons. The van der Waals surface area contributed by atoms with Gasteiger partial charge in [-0.1, -0.05) is 62.4 Å². The second-order valence-electron chi connectivity index (χ2n) is 9.80. The maximum Gasteiger partial charge on any atom is 0.338 e. The lowest BCUT2D eigenvalue weighted by Gasteiger charge is -2.37. The summed E-state index contributed by atoms with van der Waals surface area (Å²) in [7, 11) is 2.09. The van der Waals surface area contributed by atoms with Crippen LogP contribution in [0, 0.1) is 5.92 Å². The van der Waals surface area contributed by atoms with E-state index in [9.17, 15) is 9.90 Å². The van der Waals surface area contributed by atoms with Crippen molar-refractivity contribution in [2.75, 3.05) is 11.9 Å². The number of carbonyl (C=O) groups is 1. The Hall–Kier alpha value is -2.33. The summed E-state index contributed by atoms with van der Waals surface area (Å²) in [6.07, 6.45) is 8.02. The summed E-state index contributed by atoms with van der Waals surface area (Å²) in [5.41, 5.74) is 4.16. The highest BCUT2D eigenvalue weighted by molar-refractivity contribution is 5.98. The van der Waals surface area contributed by atoms with Gasteiger partial charge < -0.3 is 14.7 Å². The van der Waals surface area contributed by atoms with Crippen LogP contribution in [-0.2, 0) is 11.3 Å².